The molecule has 0 aliphatic heterocycles. The maximum Gasteiger partial charge on any atom is 0.372 e. The average molecular weight is 260 g/mol. The van der Waals surface area contributed by atoms with Crippen molar-refractivity contribution in [1.29, 1.82) is 0 Å². The molecule has 1 heterocycles. The number of hydrogen-bond donors (Lipinski definition) is 2. The van der Waals surface area contributed by atoms with Crippen LogP contribution >= 0.6 is 0 Å². The van der Waals surface area contributed by atoms with Gasteiger partial charge < -0.3 is 14.6 Å². The minimum Gasteiger partial charge on any atom is -0.475 e. The number of carboxylic acid groups (broad SMARTS) is 1. The summed E-state index contributed by atoms with van der Waals surface area (Å²) in [6.45, 7) is 1.84. The van der Waals surface area contributed by atoms with Crippen LogP contribution in [-0.2, 0) is 11.8 Å². The van der Waals surface area contributed by atoms with Gasteiger partial charge in [0.2, 0.25) is 5.76 Å². The van der Waals surface area contributed by atoms with Crippen LogP contribution in [0.2, 0.25) is 0 Å². The first-order valence-electron chi connectivity index (χ1n) is 6.03. The van der Waals surface area contributed by atoms with Crippen LogP contribution in [0.5, 0.6) is 0 Å². The zero-order valence-corrected chi connectivity index (χ0v) is 10.7. The summed E-state index contributed by atoms with van der Waals surface area (Å²) >= 11 is 0. The quantitative estimate of drug-likeness (QED) is 0.866. The normalized spacial score (nSPS) is 14.0. The molecule has 1 atom stereocenters. The summed E-state index contributed by atoms with van der Waals surface area (Å²) in [5.41, 5.74) is 1.03. The van der Waals surface area contributed by atoms with Crippen LogP contribution < -0.4 is 0 Å². The SMILES string of the molecule is CC(CO)(Cc1ccoc1C(=O)O)c1ccccc1. The van der Waals surface area contributed by atoms with Gasteiger partial charge in [0.05, 0.1) is 12.9 Å². The second-order valence-corrected chi connectivity index (χ2v) is 4.84. The van der Waals surface area contributed by atoms with Gasteiger partial charge in [0.1, 0.15) is 0 Å². The first kappa shape index (κ1) is 13.4. The molecular weight excluding hydrogens is 244 g/mol. The molecule has 0 aliphatic carbocycles. The van der Waals surface area contributed by atoms with Crippen molar-refractivity contribution in [2.75, 3.05) is 6.61 Å². The van der Waals surface area contributed by atoms with Crippen molar-refractivity contribution in [2.45, 2.75) is 18.8 Å². The molecule has 100 valence electrons. The molecule has 4 nitrogen and oxygen atoms in total. The fourth-order valence-electron chi connectivity index (χ4n) is 2.17. The largest absolute Gasteiger partial charge is 0.475 e. The predicted octanol–water partition coefficient (Wildman–Crippen LogP) is 2.47. The summed E-state index contributed by atoms with van der Waals surface area (Å²) in [6, 6.07) is 11.2. The Balaban J connectivity index is 2.33. The molecule has 0 fully saturated rings. The van der Waals surface area contributed by atoms with Gasteiger partial charge in [0, 0.05) is 11.0 Å². The number of rotatable bonds is 5. The lowest BCUT2D eigenvalue weighted by molar-refractivity contribution is 0.0659. The van der Waals surface area contributed by atoms with Crippen LogP contribution in [0, 0.1) is 0 Å². The fraction of sp³-hybridized carbons (Fsp3) is 0.267. The van der Waals surface area contributed by atoms with E-state index in [2.05, 4.69) is 0 Å². The van der Waals surface area contributed by atoms with E-state index in [1.165, 1.54) is 6.26 Å². The van der Waals surface area contributed by atoms with E-state index in [1.807, 2.05) is 37.3 Å². The molecule has 0 bridgehead atoms. The molecule has 0 saturated heterocycles. The van der Waals surface area contributed by atoms with Gasteiger partial charge in [0.25, 0.3) is 0 Å². The highest BCUT2D eigenvalue weighted by molar-refractivity contribution is 5.86. The smallest absolute Gasteiger partial charge is 0.372 e. The molecule has 0 radical (unpaired) electrons. The highest BCUT2D eigenvalue weighted by Gasteiger charge is 2.29. The summed E-state index contributed by atoms with van der Waals surface area (Å²) in [5.74, 6) is -1.15. The molecule has 1 unspecified atom stereocenters. The van der Waals surface area contributed by atoms with Crippen LogP contribution in [0.25, 0.3) is 0 Å². The van der Waals surface area contributed by atoms with Crippen molar-refractivity contribution in [3.8, 4) is 0 Å². The van der Waals surface area contributed by atoms with Crippen LogP contribution in [0.1, 0.15) is 28.6 Å². The van der Waals surface area contributed by atoms with Crippen molar-refractivity contribution in [2.24, 2.45) is 0 Å². The highest BCUT2D eigenvalue weighted by atomic mass is 16.4. The fourth-order valence-corrected chi connectivity index (χ4v) is 2.17. The lowest BCUT2D eigenvalue weighted by Crippen LogP contribution is -2.29. The molecule has 1 aromatic carbocycles. The van der Waals surface area contributed by atoms with E-state index in [0.29, 0.717) is 12.0 Å². The first-order chi connectivity index (χ1) is 9.07. The number of aliphatic hydroxyl groups excluding tert-OH is 1. The topological polar surface area (TPSA) is 70.7 Å². The van der Waals surface area contributed by atoms with Crippen LogP contribution in [0.3, 0.4) is 0 Å². The maximum atomic E-state index is 11.0. The molecular formula is C15H16O4. The van der Waals surface area contributed by atoms with Gasteiger partial charge in [-0.25, -0.2) is 4.79 Å². The molecule has 0 amide bonds. The van der Waals surface area contributed by atoms with E-state index in [0.717, 1.165) is 5.56 Å². The van der Waals surface area contributed by atoms with Gasteiger partial charge in [-0.15, -0.1) is 0 Å². The number of carboxylic acids is 1. The monoisotopic (exact) mass is 260 g/mol. The van der Waals surface area contributed by atoms with Crippen molar-refractivity contribution >= 4 is 5.97 Å². The maximum absolute atomic E-state index is 11.0. The third-order valence-corrected chi connectivity index (χ3v) is 3.34. The molecule has 2 N–H and O–H groups in total. The van der Waals surface area contributed by atoms with Crippen molar-refractivity contribution in [3.05, 3.63) is 59.5 Å². The third-order valence-electron chi connectivity index (χ3n) is 3.34. The molecule has 0 spiro atoms. The van der Waals surface area contributed by atoms with Gasteiger partial charge in [-0.3, -0.25) is 0 Å². The Kier molecular flexibility index (Phi) is 3.71. The summed E-state index contributed by atoms with van der Waals surface area (Å²) in [4.78, 5) is 11.0. The molecule has 1 aromatic heterocycles. The Hall–Kier alpha value is -2.07. The number of aliphatic hydroxyl groups is 1. The number of benzene rings is 1. The number of hydrogen-bond acceptors (Lipinski definition) is 3. The van der Waals surface area contributed by atoms with Crippen LogP contribution in [0.4, 0.5) is 0 Å². The third kappa shape index (κ3) is 2.69. The molecule has 4 heteroatoms. The zero-order valence-electron chi connectivity index (χ0n) is 10.7. The van der Waals surface area contributed by atoms with Gasteiger partial charge in [0.15, 0.2) is 0 Å². The van der Waals surface area contributed by atoms with Crippen molar-refractivity contribution in [1.82, 2.24) is 0 Å². The molecule has 19 heavy (non-hydrogen) atoms. The molecule has 2 rings (SSSR count). The second-order valence-electron chi connectivity index (χ2n) is 4.84. The van der Waals surface area contributed by atoms with Gasteiger partial charge in [-0.05, 0) is 18.1 Å². The van der Waals surface area contributed by atoms with Gasteiger partial charge in [-0.1, -0.05) is 37.3 Å². The lowest BCUT2D eigenvalue weighted by atomic mass is 9.78. The number of carbonyl (C=O) groups is 1. The van der Waals surface area contributed by atoms with E-state index >= 15 is 0 Å². The van der Waals surface area contributed by atoms with Crippen molar-refractivity contribution < 1.29 is 19.4 Å². The Morgan fingerprint density at radius 2 is 1.95 bits per heavy atom. The van der Waals surface area contributed by atoms with Crippen molar-refractivity contribution in [3.63, 3.8) is 0 Å². The second kappa shape index (κ2) is 5.28. The average Bonchev–Trinajstić information content (AvgIpc) is 2.87. The molecule has 2 aromatic rings. The molecule has 0 saturated carbocycles. The van der Waals surface area contributed by atoms with E-state index in [-0.39, 0.29) is 12.4 Å². The minimum absolute atomic E-state index is 0.0596. The van der Waals surface area contributed by atoms with Gasteiger partial charge >= 0.3 is 5.97 Å². The summed E-state index contributed by atoms with van der Waals surface area (Å²) in [5, 5.41) is 18.7. The van der Waals surface area contributed by atoms with E-state index in [9.17, 15) is 9.90 Å². The standard InChI is InChI=1S/C15H16O4/c1-15(10-16,12-5-3-2-4-6-12)9-11-7-8-19-13(11)14(17)18/h2-8,16H,9-10H2,1H3,(H,17,18). The minimum atomic E-state index is -1.09. The summed E-state index contributed by atoms with van der Waals surface area (Å²) < 4.78 is 4.97. The first-order valence-corrected chi connectivity index (χ1v) is 6.03. The Labute approximate surface area is 111 Å². The highest BCUT2D eigenvalue weighted by Crippen LogP contribution is 2.29. The van der Waals surface area contributed by atoms with E-state index in [1.54, 1.807) is 6.07 Å². The number of furan rings is 1. The molecule has 0 aliphatic rings. The Bertz CT molecular complexity index is 559. The summed E-state index contributed by atoms with van der Waals surface area (Å²) in [7, 11) is 0. The Morgan fingerprint density at radius 3 is 2.53 bits per heavy atom. The summed E-state index contributed by atoms with van der Waals surface area (Å²) in [6.07, 6.45) is 1.77. The zero-order chi connectivity index (χ0) is 13.9. The van der Waals surface area contributed by atoms with Gasteiger partial charge in [-0.2, -0.15) is 0 Å². The number of aromatic carboxylic acids is 1. The van der Waals surface area contributed by atoms with E-state index < -0.39 is 11.4 Å². The van der Waals surface area contributed by atoms with E-state index in [4.69, 9.17) is 9.52 Å². The lowest BCUT2D eigenvalue weighted by Gasteiger charge is -2.27. The predicted molar refractivity (Wildman–Crippen MR) is 70.3 cm³/mol. The van der Waals surface area contributed by atoms with Crippen LogP contribution in [0.15, 0.2) is 47.1 Å². The van der Waals surface area contributed by atoms with Crippen LogP contribution in [-0.4, -0.2) is 22.8 Å². The Morgan fingerprint density at radius 1 is 1.26 bits per heavy atom.